The van der Waals surface area contributed by atoms with Gasteiger partial charge in [0.05, 0.1) is 0 Å². The average Bonchev–Trinajstić information content (AvgIpc) is 2.87. The summed E-state index contributed by atoms with van der Waals surface area (Å²) in [6.45, 7) is 4.35. The van der Waals surface area contributed by atoms with E-state index in [2.05, 4.69) is 5.32 Å². The maximum absolute atomic E-state index is 12.5. The molecule has 114 valence electrons. The number of amides is 2. The van der Waals surface area contributed by atoms with Gasteiger partial charge in [-0.05, 0) is 37.8 Å². The van der Waals surface area contributed by atoms with E-state index in [1.54, 1.807) is 0 Å². The van der Waals surface area contributed by atoms with E-state index >= 15 is 0 Å². The van der Waals surface area contributed by atoms with Crippen LogP contribution < -0.4 is 5.32 Å². The van der Waals surface area contributed by atoms with E-state index < -0.39 is 11.5 Å². The van der Waals surface area contributed by atoms with Crippen LogP contribution >= 0.6 is 0 Å². The Balaban J connectivity index is 2.21. The van der Waals surface area contributed by atoms with Crippen molar-refractivity contribution in [3.63, 3.8) is 0 Å². The first-order valence-corrected chi connectivity index (χ1v) is 7.39. The predicted molar refractivity (Wildman–Crippen MR) is 81.4 cm³/mol. The summed E-state index contributed by atoms with van der Waals surface area (Å²) in [6.07, 6.45) is 2.48. The number of likely N-dealkylation sites (tertiary alicyclic amines) is 1. The van der Waals surface area contributed by atoms with Gasteiger partial charge in [-0.1, -0.05) is 31.5 Å². The topological polar surface area (TPSA) is 69.6 Å². The van der Waals surface area contributed by atoms with Crippen molar-refractivity contribution in [2.75, 3.05) is 11.9 Å². The Morgan fingerprint density at radius 3 is 2.71 bits per heavy atom. The van der Waals surface area contributed by atoms with E-state index in [1.165, 1.54) is 4.90 Å². The monoisotopic (exact) mass is 290 g/mol. The second-order valence-electron chi connectivity index (χ2n) is 5.59. The summed E-state index contributed by atoms with van der Waals surface area (Å²) in [4.78, 5) is 25.7. The number of aliphatic carboxylic acids is 1. The molecule has 1 heterocycles. The summed E-state index contributed by atoms with van der Waals surface area (Å²) in [5.74, 6) is -0.901. The van der Waals surface area contributed by atoms with Crippen molar-refractivity contribution in [3.05, 3.63) is 29.8 Å². The average molecular weight is 290 g/mol. The normalized spacial score (nSPS) is 21.3. The van der Waals surface area contributed by atoms with Crippen molar-refractivity contribution in [3.8, 4) is 0 Å². The van der Waals surface area contributed by atoms with Gasteiger partial charge in [-0.3, -0.25) is 0 Å². The lowest BCUT2D eigenvalue weighted by Gasteiger charge is -2.34. The number of nitrogens with one attached hydrogen (secondary N) is 1. The molecule has 0 aromatic heterocycles. The summed E-state index contributed by atoms with van der Waals surface area (Å²) in [7, 11) is 0. The molecule has 1 unspecified atom stereocenters. The number of carbonyl (C=O) groups is 2. The van der Waals surface area contributed by atoms with Crippen molar-refractivity contribution < 1.29 is 14.7 Å². The molecular weight excluding hydrogens is 268 g/mol. The van der Waals surface area contributed by atoms with Crippen LogP contribution in [0.4, 0.5) is 10.5 Å². The molecule has 0 bridgehead atoms. The Hall–Kier alpha value is -2.04. The van der Waals surface area contributed by atoms with E-state index in [0.29, 0.717) is 19.4 Å². The van der Waals surface area contributed by atoms with Crippen LogP contribution in [-0.4, -0.2) is 34.1 Å². The highest BCUT2D eigenvalue weighted by Crippen LogP contribution is 2.34. The van der Waals surface area contributed by atoms with Crippen molar-refractivity contribution >= 4 is 17.7 Å². The number of benzene rings is 1. The number of urea groups is 1. The molecule has 0 aliphatic carbocycles. The van der Waals surface area contributed by atoms with E-state index in [9.17, 15) is 14.7 Å². The standard InChI is InChI=1S/C16H22N2O3/c1-3-9-16(14(19)20)10-6-11-18(16)15(21)17-13-8-5-4-7-12(13)2/h4-5,7-8H,3,6,9-11H2,1-2H3,(H,17,21)(H,19,20). The third-order valence-corrected chi connectivity index (χ3v) is 4.18. The van der Waals surface area contributed by atoms with Gasteiger partial charge in [0, 0.05) is 12.2 Å². The highest BCUT2D eigenvalue weighted by molar-refractivity contribution is 5.95. The van der Waals surface area contributed by atoms with Crippen LogP contribution in [0.15, 0.2) is 24.3 Å². The van der Waals surface area contributed by atoms with E-state index in [0.717, 1.165) is 24.1 Å². The number of rotatable bonds is 4. The van der Waals surface area contributed by atoms with Crippen LogP contribution in [-0.2, 0) is 4.79 Å². The van der Waals surface area contributed by atoms with Gasteiger partial charge in [0.15, 0.2) is 0 Å². The van der Waals surface area contributed by atoms with Gasteiger partial charge in [0.2, 0.25) is 0 Å². The molecule has 2 amide bonds. The Kier molecular flexibility index (Phi) is 4.50. The minimum Gasteiger partial charge on any atom is -0.479 e. The van der Waals surface area contributed by atoms with Crippen molar-refractivity contribution in [2.24, 2.45) is 0 Å². The zero-order valence-electron chi connectivity index (χ0n) is 12.6. The molecule has 1 aliphatic rings. The van der Waals surface area contributed by atoms with Gasteiger partial charge in [0.25, 0.3) is 0 Å². The predicted octanol–water partition coefficient (Wildman–Crippen LogP) is 3.25. The smallest absolute Gasteiger partial charge is 0.329 e. The van der Waals surface area contributed by atoms with Crippen LogP contribution in [0.2, 0.25) is 0 Å². The molecule has 5 nitrogen and oxygen atoms in total. The van der Waals surface area contributed by atoms with Crippen LogP contribution in [0.25, 0.3) is 0 Å². The van der Waals surface area contributed by atoms with E-state index in [4.69, 9.17) is 0 Å². The first-order valence-electron chi connectivity index (χ1n) is 7.39. The van der Waals surface area contributed by atoms with Gasteiger partial charge >= 0.3 is 12.0 Å². The van der Waals surface area contributed by atoms with E-state index in [1.807, 2.05) is 38.1 Å². The lowest BCUT2D eigenvalue weighted by Crippen LogP contribution is -2.54. The number of carboxylic acid groups (broad SMARTS) is 1. The Labute approximate surface area is 125 Å². The molecule has 21 heavy (non-hydrogen) atoms. The van der Waals surface area contributed by atoms with Gasteiger partial charge in [-0.15, -0.1) is 0 Å². The van der Waals surface area contributed by atoms with Crippen molar-refractivity contribution in [2.45, 2.75) is 45.1 Å². The number of carbonyl (C=O) groups excluding carboxylic acids is 1. The first-order chi connectivity index (χ1) is 10.0. The number of anilines is 1. The zero-order chi connectivity index (χ0) is 15.5. The summed E-state index contributed by atoms with van der Waals surface area (Å²) >= 11 is 0. The largest absolute Gasteiger partial charge is 0.479 e. The molecule has 1 aromatic rings. The molecule has 1 atom stereocenters. The van der Waals surface area contributed by atoms with E-state index in [-0.39, 0.29) is 6.03 Å². The summed E-state index contributed by atoms with van der Waals surface area (Å²) in [6, 6.07) is 7.17. The lowest BCUT2D eigenvalue weighted by molar-refractivity contribution is -0.148. The minimum absolute atomic E-state index is 0.322. The number of carboxylic acids is 1. The van der Waals surface area contributed by atoms with Gasteiger partial charge in [-0.25, -0.2) is 9.59 Å². The fraction of sp³-hybridized carbons (Fsp3) is 0.500. The molecule has 1 saturated heterocycles. The Morgan fingerprint density at radius 1 is 1.38 bits per heavy atom. The lowest BCUT2D eigenvalue weighted by atomic mass is 9.91. The summed E-state index contributed by atoms with van der Waals surface area (Å²) in [5, 5.41) is 12.5. The van der Waals surface area contributed by atoms with Crippen LogP contribution in [0, 0.1) is 6.92 Å². The third kappa shape index (κ3) is 2.86. The third-order valence-electron chi connectivity index (χ3n) is 4.18. The first kappa shape index (κ1) is 15.4. The molecular formula is C16H22N2O3. The molecule has 5 heteroatoms. The zero-order valence-corrected chi connectivity index (χ0v) is 12.6. The molecule has 1 fully saturated rings. The molecule has 1 aliphatic heterocycles. The summed E-state index contributed by atoms with van der Waals surface area (Å²) in [5.41, 5.74) is 0.633. The minimum atomic E-state index is -1.05. The van der Waals surface area contributed by atoms with Gasteiger partial charge in [-0.2, -0.15) is 0 Å². The van der Waals surface area contributed by atoms with Gasteiger partial charge in [0.1, 0.15) is 5.54 Å². The molecule has 0 spiro atoms. The molecule has 1 aromatic carbocycles. The van der Waals surface area contributed by atoms with Crippen molar-refractivity contribution in [1.29, 1.82) is 0 Å². The number of nitrogens with zero attached hydrogens (tertiary/aromatic N) is 1. The fourth-order valence-electron chi connectivity index (χ4n) is 3.07. The Morgan fingerprint density at radius 2 is 2.10 bits per heavy atom. The second-order valence-corrected chi connectivity index (χ2v) is 5.59. The number of para-hydroxylation sites is 1. The SMILES string of the molecule is CCCC1(C(=O)O)CCCN1C(=O)Nc1ccccc1C. The molecule has 2 N–H and O–H groups in total. The Bertz CT molecular complexity index is 544. The van der Waals surface area contributed by atoms with Crippen molar-refractivity contribution in [1.82, 2.24) is 4.90 Å². The fourth-order valence-corrected chi connectivity index (χ4v) is 3.07. The molecule has 0 radical (unpaired) electrons. The number of aryl methyl sites for hydroxylation is 1. The van der Waals surface area contributed by atoms with Crippen LogP contribution in [0.5, 0.6) is 0 Å². The highest BCUT2D eigenvalue weighted by atomic mass is 16.4. The van der Waals surface area contributed by atoms with Gasteiger partial charge < -0.3 is 15.3 Å². The summed E-state index contributed by atoms with van der Waals surface area (Å²) < 4.78 is 0. The second kappa shape index (κ2) is 6.16. The molecule has 0 saturated carbocycles. The number of hydrogen-bond acceptors (Lipinski definition) is 2. The maximum Gasteiger partial charge on any atom is 0.329 e. The number of hydrogen-bond donors (Lipinski definition) is 2. The molecule has 2 rings (SSSR count). The maximum atomic E-state index is 12.5. The van der Waals surface area contributed by atoms with Crippen LogP contribution in [0.1, 0.15) is 38.2 Å². The van der Waals surface area contributed by atoms with Crippen LogP contribution in [0.3, 0.4) is 0 Å². The quantitative estimate of drug-likeness (QED) is 0.894. The highest BCUT2D eigenvalue weighted by Gasteiger charge is 2.49.